The number of carbonyl (C=O) groups excluding carboxylic acids is 1. The highest BCUT2D eigenvalue weighted by atomic mass is 79.9. The van der Waals surface area contributed by atoms with Gasteiger partial charge in [-0.25, -0.2) is 9.97 Å². The molecule has 29 heavy (non-hydrogen) atoms. The number of hydrogen-bond acceptors (Lipinski definition) is 7. The van der Waals surface area contributed by atoms with Gasteiger partial charge in [-0.2, -0.15) is 0 Å². The summed E-state index contributed by atoms with van der Waals surface area (Å²) in [5.41, 5.74) is 1.86. The molecule has 0 unspecified atom stereocenters. The number of Topliss-reactive ketones (excluding diaryl/α,β-unsaturated/α-hetero) is 1. The highest BCUT2D eigenvalue weighted by molar-refractivity contribution is 9.10. The predicted octanol–water partition coefficient (Wildman–Crippen LogP) is 6.39. The number of fused-ring (bicyclic) bond motifs is 3. The molecular weight excluding hydrogens is 488 g/mol. The Labute approximate surface area is 191 Å². The molecule has 0 radical (unpaired) electrons. The molecule has 0 amide bonds. The summed E-state index contributed by atoms with van der Waals surface area (Å²) in [5.74, 6) is 0.457. The number of hydrogen-bond donors (Lipinski definition) is 0. The SMILES string of the molecule is CC[C@]1(C)Cc2c(sc3nc(SC)nc(SCC(=O)c4ccc(Br)cc4)c23)CO1. The third-order valence-corrected chi connectivity index (χ3v) is 8.37. The lowest BCUT2D eigenvalue weighted by molar-refractivity contribution is -0.0543. The third-order valence-electron chi connectivity index (χ3n) is 5.22. The first-order chi connectivity index (χ1) is 13.9. The lowest BCUT2D eigenvalue weighted by Crippen LogP contribution is -2.33. The van der Waals surface area contributed by atoms with E-state index in [2.05, 4.69) is 29.8 Å². The Kier molecular flexibility index (Phi) is 6.37. The van der Waals surface area contributed by atoms with E-state index in [4.69, 9.17) is 14.7 Å². The molecule has 0 bridgehead atoms. The van der Waals surface area contributed by atoms with E-state index in [0.29, 0.717) is 12.4 Å². The molecule has 1 aliphatic rings. The Morgan fingerprint density at radius 2 is 2.07 bits per heavy atom. The molecule has 152 valence electrons. The summed E-state index contributed by atoms with van der Waals surface area (Å²) in [6.07, 6.45) is 3.79. The molecular formula is C21H21BrN2O2S3. The van der Waals surface area contributed by atoms with E-state index in [-0.39, 0.29) is 11.4 Å². The van der Waals surface area contributed by atoms with Crippen LogP contribution >= 0.6 is 50.8 Å². The molecule has 2 aromatic heterocycles. The molecule has 1 aliphatic heterocycles. The molecule has 0 fully saturated rings. The summed E-state index contributed by atoms with van der Waals surface area (Å²) in [6, 6.07) is 7.50. The van der Waals surface area contributed by atoms with E-state index < -0.39 is 0 Å². The van der Waals surface area contributed by atoms with Crippen LogP contribution in [0, 0.1) is 0 Å². The van der Waals surface area contributed by atoms with Gasteiger partial charge in [0.1, 0.15) is 9.86 Å². The molecule has 1 atom stereocenters. The number of aromatic nitrogens is 2. The fourth-order valence-electron chi connectivity index (χ4n) is 3.30. The van der Waals surface area contributed by atoms with Gasteiger partial charge < -0.3 is 4.74 Å². The summed E-state index contributed by atoms with van der Waals surface area (Å²) in [6.45, 7) is 4.95. The van der Waals surface area contributed by atoms with Crippen LogP contribution in [0.15, 0.2) is 38.9 Å². The van der Waals surface area contributed by atoms with Crippen LogP contribution in [-0.2, 0) is 17.8 Å². The van der Waals surface area contributed by atoms with Gasteiger partial charge in [0.2, 0.25) is 0 Å². The van der Waals surface area contributed by atoms with Crippen molar-refractivity contribution in [3.8, 4) is 0 Å². The standard InChI is InChI=1S/C21H21BrN2O2S3/c1-4-21(2)9-14-16(10-26-21)29-19-17(14)18(23-20(24-19)27-3)28-11-15(25)12-5-7-13(22)8-6-12/h5-8H,4,9-11H2,1-3H3/t21-/m1/s1. The zero-order chi connectivity index (χ0) is 20.6. The smallest absolute Gasteiger partial charge is 0.189 e. The maximum absolute atomic E-state index is 12.7. The topological polar surface area (TPSA) is 52.1 Å². The van der Waals surface area contributed by atoms with E-state index in [1.54, 1.807) is 11.3 Å². The van der Waals surface area contributed by atoms with Crippen molar-refractivity contribution in [1.29, 1.82) is 0 Å². The van der Waals surface area contributed by atoms with E-state index in [0.717, 1.165) is 43.3 Å². The third kappa shape index (κ3) is 4.42. The Balaban J connectivity index is 1.68. The Morgan fingerprint density at radius 1 is 1.31 bits per heavy atom. The average Bonchev–Trinajstić information content (AvgIpc) is 3.09. The van der Waals surface area contributed by atoms with Crippen LogP contribution in [0.5, 0.6) is 0 Å². The van der Waals surface area contributed by atoms with Crippen molar-refractivity contribution in [3.05, 3.63) is 44.7 Å². The zero-order valence-electron chi connectivity index (χ0n) is 16.5. The van der Waals surface area contributed by atoms with Gasteiger partial charge in [0, 0.05) is 26.7 Å². The van der Waals surface area contributed by atoms with Gasteiger partial charge in [0.15, 0.2) is 10.9 Å². The van der Waals surface area contributed by atoms with Crippen molar-refractivity contribution in [2.75, 3.05) is 12.0 Å². The van der Waals surface area contributed by atoms with Gasteiger partial charge in [-0.05, 0) is 37.3 Å². The molecule has 0 aliphatic carbocycles. The minimum absolute atomic E-state index is 0.103. The maximum Gasteiger partial charge on any atom is 0.189 e. The number of rotatable bonds is 6. The molecule has 0 spiro atoms. The van der Waals surface area contributed by atoms with E-state index >= 15 is 0 Å². The number of thiophene rings is 1. The summed E-state index contributed by atoms with van der Waals surface area (Å²) >= 11 is 8.15. The van der Waals surface area contributed by atoms with Gasteiger partial charge in [-0.1, -0.05) is 58.5 Å². The van der Waals surface area contributed by atoms with Crippen molar-refractivity contribution in [1.82, 2.24) is 9.97 Å². The number of halogens is 1. The minimum atomic E-state index is -0.158. The Morgan fingerprint density at radius 3 is 2.76 bits per heavy atom. The molecule has 8 heteroatoms. The number of carbonyl (C=O) groups is 1. The van der Waals surface area contributed by atoms with Gasteiger partial charge in [-0.15, -0.1) is 11.3 Å². The number of nitrogens with zero attached hydrogens (tertiary/aromatic N) is 2. The molecule has 0 N–H and O–H groups in total. The first kappa shape index (κ1) is 21.3. The molecule has 3 aromatic rings. The minimum Gasteiger partial charge on any atom is -0.369 e. The quantitative estimate of drug-likeness (QED) is 0.166. The summed E-state index contributed by atoms with van der Waals surface area (Å²) in [4.78, 5) is 24.4. The zero-order valence-corrected chi connectivity index (χ0v) is 20.5. The van der Waals surface area contributed by atoms with Crippen molar-refractivity contribution in [3.63, 3.8) is 0 Å². The van der Waals surface area contributed by atoms with E-state index in [1.165, 1.54) is 34.0 Å². The molecule has 0 saturated heterocycles. The second-order valence-electron chi connectivity index (χ2n) is 7.19. The van der Waals surface area contributed by atoms with Crippen LogP contribution < -0.4 is 0 Å². The normalized spacial score (nSPS) is 18.8. The summed E-state index contributed by atoms with van der Waals surface area (Å²) in [5, 5.41) is 2.76. The van der Waals surface area contributed by atoms with Crippen LogP contribution in [0.2, 0.25) is 0 Å². The van der Waals surface area contributed by atoms with Crippen LogP contribution in [-0.4, -0.2) is 33.4 Å². The van der Waals surface area contributed by atoms with Crippen molar-refractivity contribution < 1.29 is 9.53 Å². The highest BCUT2D eigenvalue weighted by Gasteiger charge is 2.33. The van der Waals surface area contributed by atoms with Gasteiger partial charge >= 0.3 is 0 Å². The molecule has 1 aromatic carbocycles. The predicted molar refractivity (Wildman–Crippen MR) is 126 cm³/mol. The van der Waals surface area contributed by atoms with Gasteiger partial charge in [0.05, 0.1) is 18.0 Å². The van der Waals surface area contributed by atoms with Crippen molar-refractivity contribution in [2.24, 2.45) is 0 Å². The summed E-state index contributed by atoms with van der Waals surface area (Å²) < 4.78 is 7.09. The maximum atomic E-state index is 12.7. The number of ketones is 1. The second-order valence-corrected chi connectivity index (χ2v) is 10.9. The lowest BCUT2D eigenvalue weighted by atomic mass is 9.90. The molecule has 4 rings (SSSR count). The monoisotopic (exact) mass is 508 g/mol. The van der Waals surface area contributed by atoms with Crippen LogP contribution in [0.1, 0.15) is 41.1 Å². The number of benzene rings is 1. The largest absolute Gasteiger partial charge is 0.369 e. The molecule has 4 nitrogen and oxygen atoms in total. The van der Waals surface area contributed by atoms with Crippen LogP contribution in [0.4, 0.5) is 0 Å². The van der Waals surface area contributed by atoms with Crippen LogP contribution in [0.25, 0.3) is 10.2 Å². The Hall–Kier alpha value is -0.930. The van der Waals surface area contributed by atoms with Gasteiger partial charge in [0.25, 0.3) is 0 Å². The highest BCUT2D eigenvalue weighted by Crippen LogP contribution is 2.43. The summed E-state index contributed by atoms with van der Waals surface area (Å²) in [7, 11) is 0. The molecule has 3 heterocycles. The first-order valence-corrected chi connectivity index (χ1v) is 13.2. The number of thioether (sulfide) groups is 2. The average molecular weight is 510 g/mol. The number of ether oxygens (including phenoxy) is 1. The Bertz CT molecular complexity index is 1070. The first-order valence-electron chi connectivity index (χ1n) is 9.34. The van der Waals surface area contributed by atoms with E-state index in [9.17, 15) is 4.79 Å². The van der Waals surface area contributed by atoms with Gasteiger partial charge in [-0.3, -0.25) is 4.79 Å². The lowest BCUT2D eigenvalue weighted by Gasteiger charge is -2.33. The second kappa shape index (κ2) is 8.67. The van der Waals surface area contributed by atoms with E-state index in [1.807, 2.05) is 30.5 Å². The van der Waals surface area contributed by atoms with Crippen LogP contribution in [0.3, 0.4) is 0 Å². The fraction of sp³-hybridized carbons (Fsp3) is 0.381. The molecule has 0 saturated carbocycles. The van der Waals surface area contributed by atoms with Crippen molar-refractivity contribution >= 4 is 66.8 Å². The fourth-order valence-corrected chi connectivity index (χ4v) is 6.16. The van der Waals surface area contributed by atoms with Crippen molar-refractivity contribution in [2.45, 2.75) is 49.1 Å².